The van der Waals surface area contributed by atoms with Crippen LogP contribution >= 0.6 is 11.3 Å². The summed E-state index contributed by atoms with van der Waals surface area (Å²) in [5.74, 6) is 0.894. The molecule has 2 heterocycles. The molecule has 25 heavy (non-hydrogen) atoms. The zero-order valence-electron chi connectivity index (χ0n) is 14.5. The van der Waals surface area contributed by atoms with Crippen molar-refractivity contribution in [2.45, 2.75) is 13.8 Å². The van der Waals surface area contributed by atoms with Crippen LogP contribution in [0, 0.1) is 0 Å². The van der Waals surface area contributed by atoms with Gasteiger partial charge in [0.1, 0.15) is 5.75 Å². The number of carbonyl (C=O) groups excluding carboxylic acids is 2. The van der Waals surface area contributed by atoms with Crippen molar-refractivity contribution in [2.75, 3.05) is 37.7 Å². The predicted molar refractivity (Wildman–Crippen MR) is 100 cm³/mol. The molecule has 0 radical (unpaired) electrons. The SMILES string of the molecule is CCOc1ccccc1N1CCN(C(=O)c2ccc(C(C)=O)s2)CC1. The highest BCUT2D eigenvalue weighted by atomic mass is 32.1. The number of amides is 1. The Balaban J connectivity index is 1.65. The lowest BCUT2D eigenvalue weighted by Crippen LogP contribution is -2.48. The number of hydrogen-bond donors (Lipinski definition) is 0. The maximum Gasteiger partial charge on any atom is 0.264 e. The zero-order valence-corrected chi connectivity index (χ0v) is 15.3. The van der Waals surface area contributed by atoms with Crippen molar-refractivity contribution in [2.24, 2.45) is 0 Å². The minimum atomic E-state index is 0.00130. The van der Waals surface area contributed by atoms with Crippen LogP contribution in [-0.2, 0) is 0 Å². The number of anilines is 1. The molecule has 0 N–H and O–H groups in total. The Hall–Kier alpha value is -2.34. The summed E-state index contributed by atoms with van der Waals surface area (Å²) in [4.78, 5) is 29.4. The van der Waals surface area contributed by atoms with Crippen LogP contribution in [0.1, 0.15) is 33.2 Å². The van der Waals surface area contributed by atoms with Crippen LogP contribution in [0.5, 0.6) is 5.75 Å². The number of nitrogens with zero attached hydrogens (tertiary/aromatic N) is 2. The maximum atomic E-state index is 12.6. The van der Waals surface area contributed by atoms with Gasteiger partial charge < -0.3 is 14.5 Å². The summed E-state index contributed by atoms with van der Waals surface area (Å²) < 4.78 is 5.71. The summed E-state index contributed by atoms with van der Waals surface area (Å²) in [6.45, 7) is 6.98. The van der Waals surface area contributed by atoms with E-state index in [9.17, 15) is 9.59 Å². The molecule has 0 saturated carbocycles. The largest absolute Gasteiger partial charge is 0.492 e. The number of rotatable bonds is 5. The van der Waals surface area contributed by atoms with Crippen LogP contribution in [0.3, 0.4) is 0 Å². The minimum Gasteiger partial charge on any atom is -0.492 e. The van der Waals surface area contributed by atoms with Crippen molar-refractivity contribution < 1.29 is 14.3 Å². The molecule has 6 heteroatoms. The smallest absolute Gasteiger partial charge is 0.264 e. The molecule has 1 aromatic carbocycles. The number of ketones is 1. The van der Waals surface area contributed by atoms with Crippen LogP contribution in [0.15, 0.2) is 36.4 Å². The lowest BCUT2D eigenvalue weighted by atomic mass is 10.2. The third-order valence-corrected chi connectivity index (χ3v) is 5.41. The van der Waals surface area contributed by atoms with Gasteiger partial charge >= 0.3 is 0 Å². The monoisotopic (exact) mass is 358 g/mol. The predicted octanol–water partition coefficient (Wildman–Crippen LogP) is 3.31. The second-order valence-electron chi connectivity index (χ2n) is 5.90. The Kier molecular flexibility index (Phi) is 5.38. The van der Waals surface area contributed by atoms with E-state index in [0.717, 1.165) is 24.5 Å². The highest BCUT2D eigenvalue weighted by Gasteiger charge is 2.24. The van der Waals surface area contributed by atoms with Gasteiger partial charge in [0.25, 0.3) is 5.91 Å². The van der Waals surface area contributed by atoms with E-state index in [0.29, 0.717) is 29.5 Å². The van der Waals surface area contributed by atoms with E-state index in [4.69, 9.17) is 4.74 Å². The van der Waals surface area contributed by atoms with Gasteiger partial charge in [-0.25, -0.2) is 0 Å². The van der Waals surface area contributed by atoms with E-state index in [1.54, 1.807) is 12.1 Å². The Labute approximate surface area is 151 Å². The van der Waals surface area contributed by atoms with Gasteiger partial charge in [-0.05, 0) is 38.1 Å². The second kappa shape index (κ2) is 7.70. The average Bonchev–Trinajstić information content (AvgIpc) is 3.12. The Bertz CT molecular complexity index is 764. The van der Waals surface area contributed by atoms with Gasteiger partial charge in [0.05, 0.1) is 22.0 Å². The molecule has 132 valence electrons. The maximum absolute atomic E-state index is 12.6. The number of piperazine rings is 1. The van der Waals surface area contributed by atoms with Crippen LogP contribution in [0.25, 0.3) is 0 Å². The fraction of sp³-hybridized carbons (Fsp3) is 0.368. The molecule has 0 atom stereocenters. The third kappa shape index (κ3) is 3.85. The van der Waals surface area contributed by atoms with Crippen molar-refractivity contribution in [1.29, 1.82) is 0 Å². The number of thiophene rings is 1. The Morgan fingerprint density at radius 3 is 2.36 bits per heavy atom. The van der Waals surface area contributed by atoms with Crippen molar-refractivity contribution in [3.63, 3.8) is 0 Å². The minimum absolute atomic E-state index is 0.00130. The first kappa shape index (κ1) is 17.5. The van der Waals surface area contributed by atoms with E-state index < -0.39 is 0 Å². The molecule has 1 fully saturated rings. The summed E-state index contributed by atoms with van der Waals surface area (Å²) in [5, 5.41) is 0. The van der Waals surface area contributed by atoms with Crippen molar-refractivity contribution >= 4 is 28.7 Å². The molecule has 2 aromatic rings. The molecule has 5 nitrogen and oxygen atoms in total. The first-order valence-corrected chi connectivity index (χ1v) is 9.28. The molecule has 0 spiro atoms. The molecule has 3 rings (SSSR count). The van der Waals surface area contributed by atoms with E-state index >= 15 is 0 Å². The van der Waals surface area contributed by atoms with E-state index in [-0.39, 0.29) is 11.7 Å². The molecule has 1 saturated heterocycles. The summed E-state index contributed by atoms with van der Waals surface area (Å²) >= 11 is 1.27. The summed E-state index contributed by atoms with van der Waals surface area (Å²) in [6.07, 6.45) is 0. The van der Waals surface area contributed by atoms with Gasteiger partial charge in [-0.3, -0.25) is 9.59 Å². The topological polar surface area (TPSA) is 49.9 Å². The lowest BCUT2D eigenvalue weighted by molar-refractivity contribution is 0.0751. The number of carbonyl (C=O) groups is 2. The van der Waals surface area contributed by atoms with Gasteiger partial charge in [-0.1, -0.05) is 12.1 Å². The lowest BCUT2D eigenvalue weighted by Gasteiger charge is -2.36. The molecule has 0 unspecified atom stereocenters. The van der Waals surface area contributed by atoms with Crippen molar-refractivity contribution in [3.8, 4) is 5.75 Å². The Morgan fingerprint density at radius 2 is 1.72 bits per heavy atom. The number of Topliss-reactive ketones (excluding diaryl/α,β-unsaturated/α-hetero) is 1. The molecule has 1 aliphatic heterocycles. The summed E-state index contributed by atoms with van der Waals surface area (Å²) in [5.41, 5.74) is 1.08. The third-order valence-electron chi connectivity index (χ3n) is 4.24. The number of para-hydroxylation sites is 2. The average molecular weight is 358 g/mol. The van der Waals surface area contributed by atoms with Crippen LogP contribution in [0.4, 0.5) is 5.69 Å². The standard InChI is InChI=1S/C19H22N2O3S/c1-3-24-16-7-5-4-6-15(16)20-10-12-21(13-11-20)19(23)18-9-8-17(25-18)14(2)22/h4-9H,3,10-13H2,1-2H3. The highest BCUT2D eigenvalue weighted by molar-refractivity contribution is 7.15. The number of hydrogen-bond acceptors (Lipinski definition) is 5. The number of ether oxygens (including phenoxy) is 1. The fourth-order valence-electron chi connectivity index (χ4n) is 2.94. The fourth-order valence-corrected chi connectivity index (χ4v) is 3.81. The van der Waals surface area contributed by atoms with Crippen molar-refractivity contribution in [3.05, 3.63) is 46.2 Å². The van der Waals surface area contributed by atoms with Crippen LogP contribution in [0.2, 0.25) is 0 Å². The van der Waals surface area contributed by atoms with E-state index in [2.05, 4.69) is 11.0 Å². The van der Waals surface area contributed by atoms with Gasteiger partial charge in [-0.15, -0.1) is 11.3 Å². The molecule has 1 aromatic heterocycles. The quantitative estimate of drug-likeness (QED) is 0.770. The van der Waals surface area contributed by atoms with E-state index in [1.807, 2.05) is 30.0 Å². The van der Waals surface area contributed by atoms with Crippen molar-refractivity contribution in [1.82, 2.24) is 4.90 Å². The molecule has 0 bridgehead atoms. The Morgan fingerprint density at radius 1 is 1.04 bits per heavy atom. The molecular formula is C19H22N2O3S. The summed E-state index contributed by atoms with van der Waals surface area (Å²) in [7, 11) is 0. The zero-order chi connectivity index (χ0) is 17.8. The summed E-state index contributed by atoms with van der Waals surface area (Å²) in [6, 6.07) is 11.5. The van der Waals surface area contributed by atoms with Crippen LogP contribution < -0.4 is 9.64 Å². The highest BCUT2D eigenvalue weighted by Crippen LogP contribution is 2.29. The van der Waals surface area contributed by atoms with Gasteiger partial charge in [0.2, 0.25) is 0 Å². The molecule has 0 aliphatic carbocycles. The van der Waals surface area contributed by atoms with Crippen LogP contribution in [-0.4, -0.2) is 49.4 Å². The first-order valence-electron chi connectivity index (χ1n) is 8.47. The molecule has 1 amide bonds. The van der Waals surface area contributed by atoms with Gasteiger partial charge in [0, 0.05) is 26.2 Å². The van der Waals surface area contributed by atoms with Gasteiger partial charge in [-0.2, -0.15) is 0 Å². The first-order chi connectivity index (χ1) is 12.1. The molecular weight excluding hydrogens is 336 g/mol. The van der Waals surface area contributed by atoms with Gasteiger partial charge in [0.15, 0.2) is 5.78 Å². The number of benzene rings is 1. The normalized spacial score (nSPS) is 14.5. The molecule has 1 aliphatic rings. The van der Waals surface area contributed by atoms with E-state index in [1.165, 1.54) is 18.3 Å². The second-order valence-corrected chi connectivity index (χ2v) is 6.98.